The number of ketones is 1. The monoisotopic (exact) mass is 208 g/mol. The Morgan fingerprint density at radius 1 is 1.46 bits per heavy atom. The molecule has 1 fully saturated rings. The van der Waals surface area contributed by atoms with Gasteiger partial charge in [-0.05, 0) is 30.3 Å². The summed E-state index contributed by atoms with van der Waals surface area (Å²) in [5, 5.41) is 0. The van der Waals surface area contributed by atoms with Crippen LogP contribution in [-0.4, -0.2) is 23.2 Å². The van der Waals surface area contributed by atoms with E-state index < -0.39 is 11.7 Å². The van der Waals surface area contributed by atoms with Gasteiger partial charge in [0.2, 0.25) is 0 Å². The lowest BCUT2D eigenvalue weighted by Gasteiger charge is -2.24. The van der Waals surface area contributed by atoms with E-state index in [1.54, 1.807) is 11.8 Å². The van der Waals surface area contributed by atoms with Crippen molar-refractivity contribution in [3.05, 3.63) is 0 Å². The average molecular weight is 208 g/mol. The van der Waals surface area contributed by atoms with Gasteiger partial charge in [0.05, 0.1) is 0 Å². The zero-order chi connectivity index (χ0) is 9.90. The molecule has 76 valence electrons. The molecule has 0 spiro atoms. The van der Waals surface area contributed by atoms with E-state index in [0.717, 1.165) is 31.3 Å². The number of thioether (sulfide) groups is 1. The molecule has 0 radical (unpaired) electrons. The molecular formula is C9H14F2OS. The molecule has 0 aliphatic carbocycles. The predicted octanol–water partition coefficient (Wildman–Crippen LogP) is 2.74. The molecule has 1 aliphatic rings. The van der Waals surface area contributed by atoms with Gasteiger partial charge in [-0.15, -0.1) is 0 Å². The van der Waals surface area contributed by atoms with Crippen molar-refractivity contribution < 1.29 is 13.6 Å². The quantitative estimate of drug-likeness (QED) is 0.709. The third-order valence-electron chi connectivity index (χ3n) is 2.40. The van der Waals surface area contributed by atoms with Gasteiger partial charge in [0.1, 0.15) is 0 Å². The lowest BCUT2D eigenvalue weighted by atomic mass is 9.94. The Morgan fingerprint density at radius 3 is 2.46 bits per heavy atom. The summed E-state index contributed by atoms with van der Waals surface area (Å²) >= 11 is 1.80. The summed E-state index contributed by atoms with van der Waals surface area (Å²) in [5.41, 5.74) is 0. The molecule has 4 heteroatoms. The van der Waals surface area contributed by atoms with E-state index in [2.05, 4.69) is 0 Å². The van der Waals surface area contributed by atoms with Gasteiger partial charge in [0.25, 0.3) is 0 Å². The summed E-state index contributed by atoms with van der Waals surface area (Å²) in [6.45, 7) is 0.970. The maximum atomic E-state index is 13.0. The van der Waals surface area contributed by atoms with Crippen molar-refractivity contribution in [1.29, 1.82) is 0 Å². The Hall–Kier alpha value is -0.120. The van der Waals surface area contributed by atoms with Crippen LogP contribution in [0.4, 0.5) is 8.78 Å². The molecule has 1 heterocycles. The molecular weight excluding hydrogens is 194 g/mol. The minimum Gasteiger partial charge on any atom is -0.293 e. The van der Waals surface area contributed by atoms with Gasteiger partial charge in [0.15, 0.2) is 5.78 Å². The second-order valence-corrected chi connectivity index (χ2v) is 4.75. The first-order valence-corrected chi connectivity index (χ1v) is 5.64. The lowest BCUT2D eigenvalue weighted by Crippen LogP contribution is -2.30. The van der Waals surface area contributed by atoms with Crippen LogP contribution in [0.25, 0.3) is 0 Å². The highest BCUT2D eigenvalue weighted by Crippen LogP contribution is 2.32. The topological polar surface area (TPSA) is 17.1 Å². The van der Waals surface area contributed by atoms with Crippen LogP contribution in [0.15, 0.2) is 0 Å². The summed E-state index contributed by atoms with van der Waals surface area (Å²) in [7, 11) is 0. The summed E-state index contributed by atoms with van der Waals surface area (Å²) in [6, 6.07) is 0. The first-order valence-electron chi connectivity index (χ1n) is 4.49. The number of hydrogen-bond donors (Lipinski definition) is 0. The van der Waals surface area contributed by atoms with Crippen molar-refractivity contribution in [2.45, 2.75) is 32.1 Å². The van der Waals surface area contributed by atoms with Gasteiger partial charge in [-0.1, -0.05) is 0 Å². The molecule has 0 aromatic rings. The molecule has 0 atom stereocenters. The Bertz CT molecular complexity index is 188. The Kier molecular flexibility index (Phi) is 3.71. The normalized spacial score (nSPS) is 20.2. The van der Waals surface area contributed by atoms with Crippen LogP contribution >= 0.6 is 11.8 Å². The van der Waals surface area contributed by atoms with E-state index in [4.69, 9.17) is 0 Å². The number of rotatable bonds is 3. The number of halogens is 2. The predicted molar refractivity (Wildman–Crippen MR) is 50.3 cm³/mol. The van der Waals surface area contributed by atoms with Crippen LogP contribution < -0.4 is 0 Å². The summed E-state index contributed by atoms with van der Waals surface area (Å²) in [5.74, 6) is -2.13. The Labute approximate surface area is 81.3 Å². The molecule has 13 heavy (non-hydrogen) atoms. The molecule has 0 unspecified atom stereocenters. The molecule has 0 aromatic heterocycles. The van der Waals surface area contributed by atoms with Gasteiger partial charge in [0, 0.05) is 13.3 Å². The molecule has 0 aromatic carbocycles. The molecule has 0 bridgehead atoms. The summed E-state index contributed by atoms with van der Waals surface area (Å²) in [4.78, 5) is 10.6. The smallest absolute Gasteiger partial charge is 0.293 e. The van der Waals surface area contributed by atoms with Crippen LogP contribution in [0.5, 0.6) is 0 Å². The van der Waals surface area contributed by atoms with Gasteiger partial charge in [-0.2, -0.15) is 20.5 Å². The molecule has 1 aliphatic heterocycles. The second-order valence-electron chi connectivity index (χ2n) is 3.52. The van der Waals surface area contributed by atoms with Crippen molar-refractivity contribution >= 4 is 17.5 Å². The van der Waals surface area contributed by atoms with Crippen LogP contribution in [0.2, 0.25) is 0 Å². The average Bonchev–Trinajstić information content (AvgIpc) is 2.05. The number of carbonyl (C=O) groups excluding carboxylic acids is 1. The highest BCUT2D eigenvalue weighted by Gasteiger charge is 2.37. The highest BCUT2D eigenvalue weighted by molar-refractivity contribution is 7.99. The Balaban J connectivity index is 2.41. The second kappa shape index (κ2) is 4.40. The maximum Gasteiger partial charge on any atom is 0.305 e. The van der Waals surface area contributed by atoms with Gasteiger partial charge >= 0.3 is 5.92 Å². The number of hydrogen-bond acceptors (Lipinski definition) is 2. The third-order valence-corrected chi connectivity index (χ3v) is 3.45. The van der Waals surface area contributed by atoms with Crippen LogP contribution in [0.1, 0.15) is 26.2 Å². The van der Waals surface area contributed by atoms with Crippen LogP contribution in [-0.2, 0) is 4.79 Å². The Morgan fingerprint density at radius 2 is 2.00 bits per heavy atom. The zero-order valence-electron chi connectivity index (χ0n) is 7.69. The standard InChI is InChI=1S/C9H14F2OS/c1-7(12)9(10,11)6-8-2-4-13-5-3-8/h8H,2-6H2,1H3. The van der Waals surface area contributed by atoms with E-state index in [1.807, 2.05) is 0 Å². The molecule has 0 saturated carbocycles. The molecule has 0 amide bonds. The number of carbonyl (C=O) groups is 1. The van der Waals surface area contributed by atoms with Crippen molar-refractivity contribution in [2.75, 3.05) is 11.5 Å². The first kappa shape index (κ1) is 11.0. The highest BCUT2D eigenvalue weighted by atomic mass is 32.2. The molecule has 1 saturated heterocycles. The minimum atomic E-state index is -3.09. The van der Waals surface area contributed by atoms with Gasteiger partial charge < -0.3 is 0 Å². The van der Waals surface area contributed by atoms with E-state index in [0.29, 0.717) is 0 Å². The van der Waals surface area contributed by atoms with E-state index >= 15 is 0 Å². The van der Waals surface area contributed by atoms with E-state index in [1.165, 1.54) is 0 Å². The van der Waals surface area contributed by atoms with Crippen LogP contribution in [0, 0.1) is 5.92 Å². The van der Waals surface area contributed by atoms with E-state index in [-0.39, 0.29) is 12.3 Å². The molecule has 1 rings (SSSR count). The SMILES string of the molecule is CC(=O)C(F)(F)CC1CCSCC1. The van der Waals surface area contributed by atoms with Crippen molar-refractivity contribution in [2.24, 2.45) is 5.92 Å². The van der Waals surface area contributed by atoms with E-state index in [9.17, 15) is 13.6 Å². The first-order chi connectivity index (χ1) is 6.02. The van der Waals surface area contributed by atoms with Crippen molar-refractivity contribution in [1.82, 2.24) is 0 Å². The number of alkyl halides is 2. The largest absolute Gasteiger partial charge is 0.305 e. The van der Waals surface area contributed by atoms with Crippen LogP contribution in [0.3, 0.4) is 0 Å². The maximum absolute atomic E-state index is 13.0. The minimum absolute atomic E-state index is 0.0418. The lowest BCUT2D eigenvalue weighted by molar-refractivity contribution is -0.143. The zero-order valence-corrected chi connectivity index (χ0v) is 8.50. The fourth-order valence-electron chi connectivity index (χ4n) is 1.46. The summed E-state index contributed by atoms with van der Waals surface area (Å²) < 4.78 is 25.9. The van der Waals surface area contributed by atoms with Crippen molar-refractivity contribution in [3.8, 4) is 0 Å². The fourth-order valence-corrected chi connectivity index (χ4v) is 2.66. The fraction of sp³-hybridized carbons (Fsp3) is 0.889. The summed E-state index contributed by atoms with van der Waals surface area (Å²) in [6.07, 6.45) is 1.41. The van der Waals surface area contributed by atoms with Crippen molar-refractivity contribution in [3.63, 3.8) is 0 Å². The third kappa shape index (κ3) is 3.25. The van der Waals surface area contributed by atoms with Gasteiger partial charge in [-0.25, -0.2) is 0 Å². The molecule has 1 nitrogen and oxygen atoms in total. The molecule has 0 N–H and O–H groups in total. The number of Topliss-reactive ketones (excluding diaryl/α,β-unsaturated/α-hetero) is 1. The van der Waals surface area contributed by atoms with Gasteiger partial charge in [-0.3, -0.25) is 4.79 Å².